The summed E-state index contributed by atoms with van der Waals surface area (Å²) in [4.78, 5) is 0.328. The van der Waals surface area contributed by atoms with Crippen molar-refractivity contribution in [2.45, 2.75) is 57.5 Å². The average Bonchev–Trinajstić information content (AvgIpc) is 3.11. The molecule has 0 bridgehead atoms. The molecule has 20 heavy (non-hydrogen) atoms. The standard InChI is InChI=1S/C13H24N4O2S/c1-4-15-20(18,19)13-10(2)16-17(11(13)3)9-5-8-14-12-6-7-12/h12,14-15H,4-9H2,1-3H3. The van der Waals surface area contributed by atoms with Gasteiger partial charge in [-0.2, -0.15) is 5.10 Å². The van der Waals surface area contributed by atoms with Crippen molar-refractivity contribution in [2.75, 3.05) is 13.1 Å². The van der Waals surface area contributed by atoms with Crippen LogP contribution < -0.4 is 10.0 Å². The second-order valence-electron chi connectivity index (χ2n) is 5.31. The van der Waals surface area contributed by atoms with Crippen LogP contribution in [0.15, 0.2) is 4.90 Å². The van der Waals surface area contributed by atoms with Gasteiger partial charge in [-0.15, -0.1) is 0 Å². The van der Waals surface area contributed by atoms with E-state index in [4.69, 9.17) is 0 Å². The highest BCUT2D eigenvalue weighted by molar-refractivity contribution is 7.89. The molecule has 7 heteroatoms. The van der Waals surface area contributed by atoms with Gasteiger partial charge in [0, 0.05) is 19.1 Å². The van der Waals surface area contributed by atoms with E-state index in [1.807, 2.05) is 6.92 Å². The fourth-order valence-corrected chi connectivity index (χ4v) is 3.82. The second-order valence-corrected chi connectivity index (χ2v) is 7.01. The topological polar surface area (TPSA) is 76.0 Å². The molecule has 0 saturated heterocycles. The SMILES string of the molecule is CCNS(=O)(=O)c1c(C)nn(CCCNC2CC2)c1C. The van der Waals surface area contributed by atoms with Gasteiger partial charge < -0.3 is 5.32 Å². The average molecular weight is 300 g/mol. The summed E-state index contributed by atoms with van der Waals surface area (Å²) in [5.74, 6) is 0. The van der Waals surface area contributed by atoms with E-state index in [0.717, 1.165) is 25.2 Å². The fourth-order valence-electron chi connectivity index (χ4n) is 2.37. The lowest BCUT2D eigenvalue weighted by molar-refractivity contribution is 0.529. The Hall–Kier alpha value is -0.920. The van der Waals surface area contributed by atoms with Gasteiger partial charge in [0.25, 0.3) is 0 Å². The maximum Gasteiger partial charge on any atom is 0.244 e. The van der Waals surface area contributed by atoms with Crippen LogP contribution in [0, 0.1) is 13.8 Å². The van der Waals surface area contributed by atoms with Crippen LogP contribution in [-0.2, 0) is 16.6 Å². The van der Waals surface area contributed by atoms with E-state index in [1.54, 1.807) is 18.5 Å². The zero-order chi connectivity index (χ0) is 14.8. The lowest BCUT2D eigenvalue weighted by Crippen LogP contribution is -2.24. The monoisotopic (exact) mass is 300 g/mol. The summed E-state index contributed by atoms with van der Waals surface area (Å²) in [6.45, 7) is 7.43. The van der Waals surface area contributed by atoms with Crippen LogP contribution in [0.4, 0.5) is 0 Å². The van der Waals surface area contributed by atoms with Crippen molar-refractivity contribution in [3.63, 3.8) is 0 Å². The molecular weight excluding hydrogens is 276 g/mol. The number of aromatic nitrogens is 2. The van der Waals surface area contributed by atoms with Gasteiger partial charge in [-0.05, 0) is 39.7 Å². The lowest BCUT2D eigenvalue weighted by atomic mass is 10.3. The molecule has 0 aromatic carbocycles. The van der Waals surface area contributed by atoms with Crippen LogP contribution in [0.3, 0.4) is 0 Å². The van der Waals surface area contributed by atoms with Crippen molar-refractivity contribution in [3.05, 3.63) is 11.4 Å². The summed E-state index contributed by atoms with van der Waals surface area (Å²) in [7, 11) is -3.43. The Morgan fingerprint density at radius 2 is 2.05 bits per heavy atom. The summed E-state index contributed by atoms with van der Waals surface area (Å²) >= 11 is 0. The summed E-state index contributed by atoms with van der Waals surface area (Å²) in [6, 6.07) is 0.708. The Bertz CT molecular complexity index is 561. The highest BCUT2D eigenvalue weighted by Crippen LogP contribution is 2.20. The van der Waals surface area contributed by atoms with Crippen molar-refractivity contribution in [3.8, 4) is 0 Å². The van der Waals surface area contributed by atoms with E-state index in [1.165, 1.54) is 12.8 Å². The Kier molecular flexibility index (Phi) is 4.82. The molecule has 0 unspecified atom stereocenters. The molecule has 2 rings (SSSR count). The molecule has 1 aromatic rings. The van der Waals surface area contributed by atoms with Gasteiger partial charge >= 0.3 is 0 Å². The smallest absolute Gasteiger partial charge is 0.244 e. The van der Waals surface area contributed by atoms with Crippen LogP contribution in [0.5, 0.6) is 0 Å². The molecule has 0 radical (unpaired) electrons. The molecule has 1 heterocycles. The number of hydrogen-bond acceptors (Lipinski definition) is 4. The summed E-state index contributed by atoms with van der Waals surface area (Å²) in [5, 5.41) is 7.81. The first-order valence-corrected chi connectivity index (χ1v) is 8.71. The minimum atomic E-state index is -3.43. The molecule has 1 aliphatic rings. The van der Waals surface area contributed by atoms with E-state index < -0.39 is 10.0 Å². The van der Waals surface area contributed by atoms with Crippen molar-refractivity contribution >= 4 is 10.0 Å². The largest absolute Gasteiger partial charge is 0.314 e. The number of rotatable bonds is 8. The second kappa shape index (κ2) is 6.24. The molecule has 6 nitrogen and oxygen atoms in total. The van der Waals surface area contributed by atoms with Crippen molar-refractivity contribution < 1.29 is 8.42 Å². The summed E-state index contributed by atoms with van der Waals surface area (Å²) < 4.78 is 28.6. The van der Waals surface area contributed by atoms with Gasteiger partial charge in [0.15, 0.2) is 0 Å². The number of nitrogens with zero attached hydrogens (tertiary/aromatic N) is 2. The third kappa shape index (κ3) is 3.59. The molecule has 0 atom stereocenters. The highest BCUT2D eigenvalue weighted by atomic mass is 32.2. The van der Waals surface area contributed by atoms with Crippen LogP contribution in [0.25, 0.3) is 0 Å². The minimum absolute atomic E-state index is 0.328. The van der Waals surface area contributed by atoms with Crippen LogP contribution in [0.2, 0.25) is 0 Å². The number of hydrogen-bond donors (Lipinski definition) is 2. The zero-order valence-electron chi connectivity index (χ0n) is 12.4. The quantitative estimate of drug-likeness (QED) is 0.701. The fraction of sp³-hybridized carbons (Fsp3) is 0.769. The first-order chi connectivity index (χ1) is 9.45. The molecular formula is C13H24N4O2S. The highest BCUT2D eigenvalue weighted by Gasteiger charge is 2.24. The van der Waals surface area contributed by atoms with Gasteiger partial charge in [-0.3, -0.25) is 4.68 Å². The van der Waals surface area contributed by atoms with Crippen molar-refractivity contribution in [2.24, 2.45) is 0 Å². The first-order valence-electron chi connectivity index (χ1n) is 7.22. The Morgan fingerprint density at radius 3 is 2.65 bits per heavy atom. The summed E-state index contributed by atoms with van der Waals surface area (Å²) in [5.41, 5.74) is 1.29. The maximum absolute atomic E-state index is 12.1. The van der Waals surface area contributed by atoms with E-state index in [9.17, 15) is 8.42 Å². The molecule has 1 aliphatic carbocycles. The van der Waals surface area contributed by atoms with Crippen LogP contribution >= 0.6 is 0 Å². The normalized spacial score (nSPS) is 15.8. The third-order valence-electron chi connectivity index (χ3n) is 3.48. The van der Waals surface area contributed by atoms with Gasteiger partial charge in [-0.25, -0.2) is 13.1 Å². The maximum atomic E-state index is 12.1. The Balaban J connectivity index is 2.03. The Labute approximate surface area is 121 Å². The van der Waals surface area contributed by atoms with E-state index in [2.05, 4.69) is 15.1 Å². The van der Waals surface area contributed by atoms with Gasteiger partial charge in [0.1, 0.15) is 4.90 Å². The van der Waals surface area contributed by atoms with Crippen LogP contribution in [-0.4, -0.2) is 37.3 Å². The molecule has 114 valence electrons. The van der Waals surface area contributed by atoms with Gasteiger partial charge in [-0.1, -0.05) is 6.92 Å². The molecule has 1 saturated carbocycles. The third-order valence-corrected chi connectivity index (χ3v) is 5.27. The van der Waals surface area contributed by atoms with Crippen molar-refractivity contribution in [1.29, 1.82) is 0 Å². The predicted molar refractivity (Wildman–Crippen MR) is 78.2 cm³/mol. The molecule has 0 amide bonds. The minimum Gasteiger partial charge on any atom is -0.314 e. The number of aryl methyl sites for hydroxylation is 2. The molecule has 0 spiro atoms. The van der Waals surface area contributed by atoms with E-state index >= 15 is 0 Å². The first kappa shape index (κ1) is 15.5. The summed E-state index contributed by atoms with van der Waals surface area (Å²) in [6.07, 6.45) is 3.52. The Morgan fingerprint density at radius 1 is 1.35 bits per heavy atom. The number of nitrogens with one attached hydrogen (secondary N) is 2. The molecule has 1 aromatic heterocycles. The van der Waals surface area contributed by atoms with E-state index in [-0.39, 0.29) is 0 Å². The number of sulfonamides is 1. The lowest BCUT2D eigenvalue weighted by Gasteiger charge is -2.07. The van der Waals surface area contributed by atoms with Crippen LogP contribution in [0.1, 0.15) is 37.6 Å². The molecule has 1 fully saturated rings. The predicted octanol–water partition coefficient (Wildman–Crippen LogP) is 0.940. The van der Waals surface area contributed by atoms with Gasteiger partial charge in [0.2, 0.25) is 10.0 Å². The van der Waals surface area contributed by atoms with E-state index in [0.29, 0.717) is 23.2 Å². The van der Waals surface area contributed by atoms with Crippen molar-refractivity contribution in [1.82, 2.24) is 19.8 Å². The zero-order valence-corrected chi connectivity index (χ0v) is 13.3. The van der Waals surface area contributed by atoms with Gasteiger partial charge in [0.05, 0.1) is 11.4 Å². The molecule has 2 N–H and O–H groups in total. The molecule has 0 aliphatic heterocycles.